The summed E-state index contributed by atoms with van der Waals surface area (Å²) in [6.45, 7) is 0.373. The van der Waals surface area contributed by atoms with Crippen LogP contribution in [0.5, 0.6) is 5.75 Å². The Morgan fingerprint density at radius 3 is 2.41 bits per heavy atom. The van der Waals surface area contributed by atoms with Gasteiger partial charge >= 0.3 is 5.97 Å². The van der Waals surface area contributed by atoms with Crippen molar-refractivity contribution >= 4 is 55.3 Å². The molecule has 0 aliphatic heterocycles. The van der Waals surface area contributed by atoms with Crippen molar-refractivity contribution in [2.24, 2.45) is 5.73 Å². The zero-order valence-electron chi connectivity index (χ0n) is 17.8. The molecular formula is C23H22Br2N4O5. The van der Waals surface area contributed by atoms with Crippen LogP contribution in [0.15, 0.2) is 63.7 Å². The number of hydrogen-bond acceptors (Lipinski definition) is 5. The molecule has 0 spiro atoms. The molecule has 6 N–H and O–H groups in total. The van der Waals surface area contributed by atoms with Crippen molar-refractivity contribution in [3.63, 3.8) is 0 Å². The number of ether oxygens (including phenoxy) is 1. The third kappa shape index (κ3) is 6.69. The summed E-state index contributed by atoms with van der Waals surface area (Å²) in [5, 5.41) is 14.8. The second-order valence-corrected chi connectivity index (χ2v) is 8.85. The number of nitrogens with one attached hydrogen (secondary N) is 3. The molecule has 0 bridgehead atoms. The number of hydrogen-bond donors (Lipinski definition) is 5. The number of carbonyl (C=O) groups is 3. The zero-order chi connectivity index (χ0) is 24.7. The second kappa shape index (κ2) is 11.8. The van der Waals surface area contributed by atoms with Gasteiger partial charge in [0, 0.05) is 18.5 Å². The molecule has 2 amide bonds. The highest BCUT2D eigenvalue weighted by atomic mass is 79.9. The van der Waals surface area contributed by atoms with Gasteiger partial charge in [0.1, 0.15) is 24.1 Å². The Morgan fingerprint density at radius 1 is 1.06 bits per heavy atom. The average molecular weight is 594 g/mol. The Labute approximate surface area is 212 Å². The summed E-state index contributed by atoms with van der Waals surface area (Å²) in [5.74, 6) is -1.93. The Hall–Kier alpha value is -3.15. The molecule has 0 aliphatic carbocycles. The third-order valence-corrected chi connectivity index (χ3v) is 6.51. The van der Waals surface area contributed by atoms with Crippen LogP contribution >= 0.6 is 31.9 Å². The molecule has 0 radical (unpaired) electrons. The molecule has 3 rings (SSSR count). The lowest BCUT2D eigenvalue weighted by molar-refractivity contribution is -0.139. The molecule has 11 heteroatoms. The van der Waals surface area contributed by atoms with Crippen molar-refractivity contribution in [3.05, 3.63) is 80.5 Å². The van der Waals surface area contributed by atoms with E-state index < -0.39 is 23.8 Å². The van der Waals surface area contributed by atoms with E-state index in [0.717, 1.165) is 5.56 Å². The number of aliphatic carboxylic acids is 1. The highest BCUT2D eigenvalue weighted by Gasteiger charge is 2.22. The molecule has 0 unspecified atom stereocenters. The number of carboxylic acids is 1. The number of aromatic nitrogens is 1. The Bertz CT molecular complexity index is 1160. The van der Waals surface area contributed by atoms with Crippen molar-refractivity contribution in [2.45, 2.75) is 12.5 Å². The van der Waals surface area contributed by atoms with Crippen LogP contribution in [0.25, 0.3) is 0 Å². The maximum atomic E-state index is 12.8. The van der Waals surface area contributed by atoms with Gasteiger partial charge in [-0.05, 0) is 61.7 Å². The van der Waals surface area contributed by atoms with Crippen molar-refractivity contribution in [1.82, 2.24) is 10.3 Å². The molecule has 1 atom stereocenters. The topological polar surface area (TPSA) is 147 Å². The van der Waals surface area contributed by atoms with E-state index in [4.69, 9.17) is 10.5 Å². The number of aromatic amines is 1. The summed E-state index contributed by atoms with van der Waals surface area (Å²) in [6.07, 6.45) is 0.133. The monoisotopic (exact) mass is 592 g/mol. The zero-order valence-corrected chi connectivity index (χ0v) is 21.0. The third-order valence-electron chi connectivity index (χ3n) is 4.72. The second-order valence-electron chi connectivity index (χ2n) is 7.20. The highest BCUT2D eigenvalue weighted by molar-refractivity contribution is 9.13. The minimum absolute atomic E-state index is 0.133. The molecule has 0 saturated carbocycles. The molecule has 34 heavy (non-hydrogen) atoms. The normalized spacial score (nSPS) is 11.5. The summed E-state index contributed by atoms with van der Waals surface area (Å²) < 4.78 is 6.93. The fraction of sp³-hybridized carbons (Fsp3) is 0.174. The lowest BCUT2D eigenvalue weighted by atomic mass is 10.1. The number of halogens is 2. The van der Waals surface area contributed by atoms with Crippen LogP contribution in [0.4, 0.5) is 5.69 Å². The molecule has 178 valence electrons. The van der Waals surface area contributed by atoms with Crippen LogP contribution < -0.4 is 21.1 Å². The van der Waals surface area contributed by atoms with Crippen LogP contribution in [0.1, 0.15) is 26.4 Å². The summed E-state index contributed by atoms with van der Waals surface area (Å²) >= 11 is 6.60. The number of anilines is 1. The lowest BCUT2D eigenvalue weighted by Gasteiger charge is -2.16. The number of carboxylic acid groups (broad SMARTS) is 1. The molecular weight excluding hydrogens is 572 g/mol. The van der Waals surface area contributed by atoms with Gasteiger partial charge in [0.05, 0.1) is 14.8 Å². The smallest absolute Gasteiger partial charge is 0.326 e. The molecule has 3 aromatic rings. The number of H-pyrrole nitrogens is 1. The average Bonchev–Trinajstić information content (AvgIpc) is 3.16. The molecule has 2 aromatic carbocycles. The van der Waals surface area contributed by atoms with E-state index >= 15 is 0 Å². The Balaban J connectivity index is 1.78. The first-order chi connectivity index (χ1) is 16.3. The summed E-state index contributed by atoms with van der Waals surface area (Å²) in [5.41, 5.74) is 7.12. The first-order valence-corrected chi connectivity index (χ1v) is 11.8. The predicted molar refractivity (Wildman–Crippen MR) is 134 cm³/mol. The largest absolute Gasteiger partial charge is 0.490 e. The molecule has 0 saturated heterocycles. The van der Waals surface area contributed by atoms with Gasteiger partial charge in [-0.15, -0.1) is 0 Å². The molecule has 9 nitrogen and oxygen atoms in total. The minimum Gasteiger partial charge on any atom is -0.490 e. The summed E-state index contributed by atoms with van der Waals surface area (Å²) in [4.78, 5) is 40.0. The van der Waals surface area contributed by atoms with Gasteiger partial charge in [0.25, 0.3) is 11.8 Å². The predicted octanol–water partition coefficient (Wildman–Crippen LogP) is 3.56. The Kier molecular flexibility index (Phi) is 8.85. The molecule has 1 heterocycles. The number of carbonyl (C=O) groups excluding carboxylic acids is 2. The van der Waals surface area contributed by atoms with Crippen molar-refractivity contribution in [3.8, 4) is 5.75 Å². The van der Waals surface area contributed by atoms with E-state index in [-0.39, 0.29) is 30.9 Å². The fourth-order valence-electron chi connectivity index (χ4n) is 3.06. The van der Waals surface area contributed by atoms with Gasteiger partial charge in [0.2, 0.25) is 0 Å². The van der Waals surface area contributed by atoms with Crippen LogP contribution in [0.2, 0.25) is 0 Å². The van der Waals surface area contributed by atoms with Gasteiger partial charge < -0.3 is 31.2 Å². The highest BCUT2D eigenvalue weighted by Crippen LogP contribution is 2.28. The van der Waals surface area contributed by atoms with Crippen LogP contribution in [0.3, 0.4) is 0 Å². The van der Waals surface area contributed by atoms with E-state index in [1.165, 1.54) is 18.2 Å². The summed E-state index contributed by atoms with van der Waals surface area (Å²) in [6, 6.07) is 13.9. The fourth-order valence-corrected chi connectivity index (χ4v) is 3.72. The maximum absolute atomic E-state index is 12.8. The Morgan fingerprint density at radius 2 is 1.79 bits per heavy atom. The van der Waals surface area contributed by atoms with Crippen LogP contribution in [-0.4, -0.2) is 47.1 Å². The van der Waals surface area contributed by atoms with Gasteiger partial charge in [0.15, 0.2) is 0 Å². The quantitative estimate of drug-likeness (QED) is 0.243. The van der Waals surface area contributed by atoms with Crippen molar-refractivity contribution in [2.75, 3.05) is 18.5 Å². The van der Waals surface area contributed by atoms with Gasteiger partial charge in [-0.3, -0.25) is 9.59 Å². The number of amides is 2. The lowest BCUT2D eigenvalue weighted by Crippen LogP contribution is -2.42. The van der Waals surface area contributed by atoms with E-state index in [9.17, 15) is 19.5 Å². The van der Waals surface area contributed by atoms with Crippen LogP contribution in [-0.2, 0) is 11.2 Å². The van der Waals surface area contributed by atoms with E-state index in [1.54, 1.807) is 30.3 Å². The first kappa shape index (κ1) is 25.5. The maximum Gasteiger partial charge on any atom is 0.326 e. The number of nitrogens with two attached hydrogens (primary N) is 1. The molecule has 0 fully saturated rings. The van der Waals surface area contributed by atoms with Gasteiger partial charge in [-0.25, -0.2) is 4.79 Å². The standard InChI is InChI=1S/C23H22Br2N4O5/c24-15-12-17(27-20(15)25)22(31)28-16-7-6-14(11-19(16)34-9-8-26)21(30)29-18(23(32)33)10-13-4-2-1-3-5-13/h1-7,11-12,18,27H,8-10,26H2,(H,28,31)(H,29,30)(H,32,33)/t18-/m0/s1. The molecule has 0 aliphatic rings. The van der Waals surface area contributed by atoms with Crippen molar-refractivity contribution < 1.29 is 24.2 Å². The van der Waals surface area contributed by atoms with Crippen molar-refractivity contribution in [1.29, 1.82) is 0 Å². The van der Waals surface area contributed by atoms with E-state index in [2.05, 4.69) is 47.5 Å². The number of benzene rings is 2. The minimum atomic E-state index is -1.15. The van der Waals surface area contributed by atoms with Gasteiger partial charge in [-0.2, -0.15) is 0 Å². The summed E-state index contributed by atoms with van der Waals surface area (Å²) in [7, 11) is 0. The SMILES string of the molecule is NCCOc1cc(C(=O)N[C@@H](Cc2ccccc2)C(=O)O)ccc1NC(=O)c1cc(Br)c(Br)[nH]1. The first-order valence-electron chi connectivity index (χ1n) is 10.2. The number of rotatable bonds is 10. The molecule has 1 aromatic heterocycles. The van der Waals surface area contributed by atoms with E-state index in [1.807, 2.05) is 6.07 Å². The van der Waals surface area contributed by atoms with Crippen LogP contribution in [0, 0.1) is 0 Å². The van der Waals surface area contributed by atoms with Gasteiger partial charge in [-0.1, -0.05) is 30.3 Å². The van der Waals surface area contributed by atoms with E-state index in [0.29, 0.717) is 20.5 Å².